The van der Waals surface area contributed by atoms with Crippen molar-refractivity contribution in [1.29, 1.82) is 5.26 Å². The van der Waals surface area contributed by atoms with Crippen LogP contribution in [-0.2, 0) is 0 Å². The number of hydrogen-bond acceptors (Lipinski definition) is 7. The highest BCUT2D eigenvalue weighted by molar-refractivity contribution is 7.99. The van der Waals surface area contributed by atoms with Gasteiger partial charge in [0.05, 0.1) is 11.3 Å². The van der Waals surface area contributed by atoms with E-state index in [0.29, 0.717) is 24.8 Å². The highest BCUT2D eigenvalue weighted by Gasteiger charge is 2.25. The van der Waals surface area contributed by atoms with Gasteiger partial charge in [-0.3, -0.25) is 4.90 Å². The molecule has 1 aromatic carbocycles. The number of ether oxygens (including phenoxy) is 2. The van der Waals surface area contributed by atoms with E-state index in [1.165, 1.54) is 0 Å². The lowest BCUT2D eigenvalue weighted by Gasteiger charge is -2.40. The summed E-state index contributed by atoms with van der Waals surface area (Å²) in [7, 11) is 0. The van der Waals surface area contributed by atoms with Gasteiger partial charge in [-0.1, -0.05) is 6.07 Å². The van der Waals surface area contributed by atoms with Crippen LogP contribution in [0.15, 0.2) is 29.3 Å². The Morgan fingerprint density at radius 1 is 1.16 bits per heavy atom. The predicted octanol–water partition coefficient (Wildman–Crippen LogP) is 4.03. The van der Waals surface area contributed by atoms with Crippen molar-refractivity contribution in [2.75, 3.05) is 50.0 Å². The van der Waals surface area contributed by atoms with Crippen LogP contribution in [0.5, 0.6) is 11.5 Å². The first-order valence-electron chi connectivity index (χ1n) is 11.0. The van der Waals surface area contributed by atoms with Crippen molar-refractivity contribution in [1.82, 2.24) is 9.88 Å². The molecule has 1 aromatic heterocycles. The summed E-state index contributed by atoms with van der Waals surface area (Å²) in [6.45, 7) is 11.5. The Labute approximate surface area is 189 Å². The zero-order chi connectivity index (χ0) is 21.8. The Kier molecular flexibility index (Phi) is 6.89. The molecule has 2 aliphatic rings. The molecule has 1 fully saturated rings. The molecule has 7 heteroatoms. The normalized spacial score (nSPS) is 17.3. The minimum absolute atomic E-state index is 0.496. The van der Waals surface area contributed by atoms with Crippen LogP contribution in [0.2, 0.25) is 0 Å². The topological polar surface area (TPSA) is 61.6 Å². The van der Waals surface area contributed by atoms with Crippen molar-refractivity contribution in [3.8, 4) is 17.6 Å². The summed E-state index contributed by atoms with van der Waals surface area (Å²) in [6, 6.07) is 11.0. The molecule has 0 N–H and O–H groups in total. The molecule has 0 radical (unpaired) electrons. The van der Waals surface area contributed by atoms with E-state index in [4.69, 9.17) is 9.47 Å². The molecule has 0 aliphatic carbocycles. The Bertz CT molecular complexity index is 967. The first kappa shape index (κ1) is 21.8. The van der Waals surface area contributed by atoms with Gasteiger partial charge in [0, 0.05) is 43.7 Å². The fourth-order valence-corrected chi connectivity index (χ4v) is 5.47. The molecule has 2 aromatic rings. The standard InChI is InChI=1S/C24H30N4O2S/c1-17-15-18(2)26-24(20(17)16-25)31-14-7-19(3)27-8-10-28(11-9-27)21-5-4-6-22-23(21)30-13-12-29-22/h4-6,15,19H,7-14H2,1-3H3. The molecule has 1 atom stereocenters. The molecule has 0 spiro atoms. The number of pyridine rings is 1. The van der Waals surface area contributed by atoms with Crippen molar-refractivity contribution in [3.05, 3.63) is 41.1 Å². The number of rotatable bonds is 6. The molecular formula is C24H30N4O2S. The van der Waals surface area contributed by atoms with Gasteiger partial charge in [-0.15, -0.1) is 11.8 Å². The van der Waals surface area contributed by atoms with E-state index >= 15 is 0 Å². The van der Waals surface area contributed by atoms with Gasteiger partial charge in [0.1, 0.15) is 24.3 Å². The second-order valence-corrected chi connectivity index (χ2v) is 9.27. The number of piperazine rings is 1. The van der Waals surface area contributed by atoms with Crippen LogP contribution in [0.4, 0.5) is 5.69 Å². The van der Waals surface area contributed by atoms with E-state index in [0.717, 1.165) is 71.8 Å². The summed E-state index contributed by atoms with van der Waals surface area (Å²) in [6.07, 6.45) is 1.07. The van der Waals surface area contributed by atoms with Crippen molar-refractivity contribution in [3.63, 3.8) is 0 Å². The molecule has 0 bridgehead atoms. The molecule has 164 valence electrons. The Morgan fingerprint density at radius 3 is 2.71 bits per heavy atom. The van der Waals surface area contributed by atoms with Crippen molar-refractivity contribution >= 4 is 17.4 Å². The van der Waals surface area contributed by atoms with Gasteiger partial charge < -0.3 is 14.4 Å². The summed E-state index contributed by atoms with van der Waals surface area (Å²) in [4.78, 5) is 9.56. The SMILES string of the molecule is Cc1cc(C)c(C#N)c(SCCC(C)N2CCN(c3cccc4c3OCCO4)CC2)n1. The third-order valence-electron chi connectivity index (χ3n) is 6.02. The van der Waals surface area contributed by atoms with Gasteiger partial charge in [-0.2, -0.15) is 5.26 Å². The van der Waals surface area contributed by atoms with E-state index in [1.54, 1.807) is 11.8 Å². The zero-order valence-corrected chi connectivity index (χ0v) is 19.4. The Morgan fingerprint density at radius 2 is 1.94 bits per heavy atom. The number of nitrogens with zero attached hydrogens (tertiary/aromatic N) is 4. The highest BCUT2D eigenvalue weighted by Crippen LogP contribution is 2.39. The average molecular weight is 439 g/mol. The molecule has 4 rings (SSSR count). The number of fused-ring (bicyclic) bond motifs is 1. The lowest BCUT2D eigenvalue weighted by Crippen LogP contribution is -2.49. The summed E-state index contributed by atoms with van der Waals surface area (Å²) in [5.74, 6) is 2.71. The maximum atomic E-state index is 9.46. The number of thioether (sulfide) groups is 1. The summed E-state index contributed by atoms with van der Waals surface area (Å²) < 4.78 is 11.6. The summed E-state index contributed by atoms with van der Waals surface area (Å²) in [5.41, 5.74) is 3.85. The molecule has 1 unspecified atom stereocenters. The molecule has 2 aliphatic heterocycles. The second kappa shape index (κ2) is 9.80. The molecule has 1 saturated heterocycles. The average Bonchev–Trinajstić information content (AvgIpc) is 2.78. The van der Waals surface area contributed by atoms with E-state index in [9.17, 15) is 5.26 Å². The maximum Gasteiger partial charge on any atom is 0.184 e. The first-order chi connectivity index (χ1) is 15.1. The molecule has 0 amide bonds. The van der Waals surface area contributed by atoms with Crippen LogP contribution in [0.1, 0.15) is 30.2 Å². The van der Waals surface area contributed by atoms with Crippen LogP contribution in [0.3, 0.4) is 0 Å². The van der Waals surface area contributed by atoms with Crippen LogP contribution in [-0.4, -0.2) is 61.1 Å². The van der Waals surface area contributed by atoms with Gasteiger partial charge in [0.15, 0.2) is 11.5 Å². The Hall–Kier alpha value is -2.43. The molecule has 3 heterocycles. The smallest absolute Gasteiger partial charge is 0.184 e. The fourth-order valence-electron chi connectivity index (χ4n) is 4.26. The van der Waals surface area contributed by atoms with Crippen molar-refractivity contribution in [2.45, 2.75) is 38.3 Å². The molecule has 6 nitrogen and oxygen atoms in total. The minimum atomic E-state index is 0.496. The Balaban J connectivity index is 1.30. The lowest BCUT2D eigenvalue weighted by atomic mass is 10.1. The number of hydrogen-bond donors (Lipinski definition) is 0. The predicted molar refractivity (Wildman–Crippen MR) is 124 cm³/mol. The molecule has 31 heavy (non-hydrogen) atoms. The van der Waals surface area contributed by atoms with Gasteiger partial charge in [0.25, 0.3) is 0 Å². The van der Waals surface area contributed by atoms with Crippen LogP contribution < -0.4 is 14.4 Å². The maximum absolute atomic E-state index is 9.46. The highest BCUT2D eigenvalue weighted by atomic mass is 32.2. The van der Waals surface area contributed by atoms with Gasteiger partial charge in [-0.05, 0) is 51.0 Å². The quantitative estimate of drug-likeness (QED) is 0.631. The van der Waals surface area contributed by atoms with Gasteiger partial charge in [-0.25, -0.2) is 4.98 Å². The van der Waals surface area contributed by atoms with Crippen molar-refractivity contribution < 1.29 is 9.47 Å². The summed E-state index contributed by atoms with van der Waals surface area (Å²) in [5, 5.41) is 10.3. The number of para-hydroxylation sites is 1. The number of aromatic nitrogens is 1. The van der Waals surface area contributed by atoms with Crippen molar-refractivity contribution in [2.24, 2.45) is 0 Å². The number of anilines is 1. The van der Waals surface area contributed by atoms with Crippen LogP contribution >= 0.6 is 11.8 Å². The van der Waals surface area contributed by atoms with Crippen LogP contribution in [0.25, 0.3) is 0 Å². The largest absolute Gasteiger partial charge is 0.486 e. The van der Waals surface area contributed by atoms with E-state index in [-0.39, 0.29) is 0 Å². The lowest BCUT2D eigenvalue weighted by molar-refractivity contribution is 0.169. The number of nitriles is 1. The molecular weight excluding hydrogens is 408 g/mol. The van der Waals surface area contributed by atoms with E-state index in [1.807, 2.05) is 32.0 Å². The number of aryl methyl sites for hydroxylation is 2. The third-order valence-corrected chi connectivity index (χ3v) is 7.03. The van der Waals surface area contributed by atoms with Crippen LogP contribution in [0, 0.1) is 25.2 Å². The zero-order valence-electron chi connectivity index (χ0n) is 18.6. The van der Waals surface area contributed by atoms with E-state index < -0.39 is 0 Å². The van der Waals surface area contributed by atoms with Gasteiger partial charge in [0.2, 0.25) is 0 Å². The third kappa shape index (κ3) is 4.91. The number of benzene rings is 1. The first-order valence-corrected chi connectivity index (χ1v) is 11.9. The monoisotopic (exact) mass is 438 g/mol. The fraction of sp³-hybridized carbons (Fsp3) is 0.500. The van der Waals surface area contributed by atoms with Gasteiger partial charge >= 0.3 is 0 Å². The van der Waals surface area contributed by atoms with E-state index in [2.05, 4.69) is 33.8 Å². The summed E-state index contributed by atoms with van der Waals surface area (Å²) >= 11 is 1.70. The molecule has 0 saturated carbocycles. The minimum Gasteiger partial charge on any atom is -0.486 e. The second-order valence-electron chi connectivity index (χ2n) is 8.18.